The lowest BCUT2D eigenvalue weighted by Crippen LogP contribution is -2.14. The molecule has 0 aliphatic rings. The first-order valence-electron chi connectivity index (χ1n) is 8.68. The highest BCUT2D eigenvalue weighted by molar-refractivity contribution is 7.09. The van der Waals surface area contributed by atoms with Gasteiger partial charge >= 0.3 is 6.18 Å². The normalized spacial score (nSPS) is 12.2. The summed E-state index contributed by atoms with van der Waals surface area (Å²) in [5.41, 5.74) is 0.366. The molecule has 148 valence electrons. The number of nitrogens with zero attached hydrogens (tertiary/aromatic N) is 4. The van der Waals surface area contributed by atoms with Crippen LogP contribution in [-0.4, -0.2) is 26.5 Å². The Hall–Kier alpha value is -2.55. The van der Waals surface area contributed by atoms with Crippen LogP contribution in [0.2, 0.25) is 0 Å². The molecule has 3 aromatic rings. The van der Waals surface area contributed by atoms with Gasteiger partial charge < -0.3 is 5.32 Å². The first kappa shape index (κ1) is 20.2. The molecule has 0 spiro atoms. The highest BCUT2D eigenvalue weighted by Crippen LogP contribution is 2.31. The predicted molar refractivity (Wildman–Crippen MR) is 103 cm³/mol. The van der Waals surface area contributed by atoms with Crippen LogP contribution in [0, 0.1) is 0 Å². The van der Waals surface area contributed by atoms with Gasteiger partial charge in [-0.1, -0.05) is 20.8 Å². The molecule has 0 radical (unpaired) electrons. The summed E-state index contributed by atoms with van der Waals surface area (Å²) >= 11 is 1.59. The van der Waals surface area contributed by atoms with Crippen LogP contribution in [0.4, 0.5) is 19.0 Å². The van der Waals surface area contributed by atoms with Gasteiger partial charge in [-0.2, -0.15) is 13.2 Å². The third kappa shape index (κ3) is 5.03. The number of halogens is 3. The van der Waals surface area contributed by atoms with Gasteiger partial charge in [0, 0.05) is 47.8 Å². The summed E-state index contributed by atoms with van der Waals surface area (Å²) in [6.07, 6.45) is -0.998. The van der Waals surface area contributed by atoms with Crippen molar-refractivity contribution >= 4 is 17.2 Å². The molecule has 0 atom stereocenters. The summed E-state index contributed by atoms with van der Waals surface area (Å²) in [5.74, 6) is 0.129. The van der Waals surface area contributed by atoms with E-state index in [1.807, 2.05) is 5.38 Å². The standard InChI is InChI=1S/C19H20F3N5S/c1-18(2,3)17-25-13(11-28-17)6-9-24-15-10-14(19(20,21)22)26-16(27-15)12-4-7-23-8-5-12/h4-5,7-8,10-11H,6,9H2,1-3H3,(H,24,26,27). The number of hydrogen-bond donors (Lipinski definition) is 1. The molecule has 28 heavy (non-hydrogen) atoms. The van der Waals surface area contributed by atoms with Gasteiger partial charge in [0.15, 0.2) is 11.5 Å². The van der Waals surface area contributed by atoms with E-state index >= 15 is 0 Å². The summed E-state index contributed by atoms with van der Waals surface area (Å²) in [7, 11) is 0. The third-order valence-electron chi connectivity index (χ3n) is 3.84. The van der Waals surface area contributed by atoms with Crippen molar-refractivity contribution in [1.29, 1.82) is 0 Å². The number of pyridine rings is 1. The Morgan fingerprint density at radius 3 is 2.36 bits per heavy atom. The van der Waals surface area contributed by atoms with Crippen LogP contribution in [0.15, 0.2) is 36.0 Å². The van der Waals surface area contributed by atoms with Crippen molar-refractivity contribution in [2.75, 3.05) is 11.9 Å². The van der Waals surface area contributed by atoms with Crippen LogP contribution in [-0.2, 0) is 18.0 Å². The predicted octanol–water partition coefficient (Wildman–Crippen LogP) is 4.97. The molecule has 0 aliphatic heterocycles. The Kier molecular flexibility index (Phi) is 5.64. The van der Waals surface area contributed by atoms with Crippen molar-refractivity contribution in [2.45, 2.75) is 38.8 Å². The van der Waals surface area contributed by atoms with E-state index in [1.165, 1.54) is 12.4 Å². The summed E-state index contributed by atoms with van der Waals surface area (Å²) in [5, 5.41) is 5.97. The fraction of sp³-hybridized carbons (Fsp3) is 0.368. The Labute approximate surface area is 165 Å². The van der Waals surface area contributed by atoms with Gasteiger partial charge in [0.2, 0.25) is 0 Å². The molecule has 0 amide bonds. The second-order valence-corrected chi connectivity index (χ2v) is 8.12. The maximum atomic E-state index is 13.2. The number of thiazole rings is 1. The zero-order valence-corrected chi connectivity index (χ0v) is 16.5. The van der Waals surface area contributed by atoms with Gasteiger partial charge in [0.05, 0.1) is 10.7 Å². The van der Waals surface area contributed by atoms with E-state index in [1.54, 1.807) is 23.5 Å². The van der Waals surface area contributed by atoms with Crippen molar-refractivity contribution < 1.29 is 13.2 Å². The quantitative estimate of drug-likeness (QED) is 0.647. The summed E-state index contributed by atoms with van der Waals surface area (Å²) < 4.78 is 39.7. The van der Waals surface area contributed by atoms with Crippen molar-refractivity contribution in [3.63, 3.8) is 0 Å². The number of rotatable bonds is 5. The molecule has 0 aromatic carbocycles. The number of anilines is 1. The van der Waals surface area contributed by atoms with Crippen molar-refractivity contribution in [3.8, 4) is 11.4 Å². The lowest BCUT2D eigenvalue weighted by molar-refractivity contribution is -0.141. The Bertz CT molecular complexity index is 933. The van der Waals surface area contributed by atoms with E-state index in [4.69, 9.17) is 0 Å². The molecule has 1 N–H and O–H groups in total. The van der Waals surface area contributed by atoms with E-state index in [2.05, 4.69) is 46.0 Å². The second-order valence-electron chi connectivity index (χ2n) is 7.27. The van der Waals surface area contributed by atoms with Gasteiger partial charge in [-0.25, -0.2) is 15.0 Å². The minimum Gasteiger partial charge on any atom is -0.370 e. The molecule has 0 bridgehead atoms. The van der Waals surface area contributed by atoms with E-state index < -0.39 is 11.9 Å². The number of alkyl halides is 3. The van der Waals surface area contributed by atoms with Crippen LogP contribution in [0.1, 0.15) is 37.2 Å². The fourth-order valence-corrected chi connectivity index (χ4v) is 3.34. The Morgan fingerprint density at radius 2 is 1.75 bits per heavy atom. The first-order valence-corrected chi connectivity index (χ1v) is 9.56. The average molecular weight is 407 g/mol. The molecule has 9 heteroatoms. The summed E-state index contributed by atoms with van der Waals surface area (Å²) in [4.78, 5) is 16.3. The lowest BCUT2D eigenvalue weighted by Gasteiger charge is -2.13. The minimum absolute atomic E-state index is 0.00315. The summed E-state index contributed by atoms with van der Waals surface area (Å²) in [6.45, 7) is 6.69. The molecule has 3 heterocycles. The number of hydrogen-bond acceptors (Lipinski definition) is 6. The van der Waals surface area contributed by atoms with Crippen LogP contribution in [0.3, 0.4) is 0 Å². The monoisotopic (exact) mass is 407 g/mol. The highest BCUT2D eigenvalue weighted by atomic mass is 32.1. The summed E-state index contributed by atoms with van der Waals surface area (Å²) in [6, 6.07) is 4.07. The van der Waals surface area contributed by atoms with Crippen LogP contribution < -0.4 is 5.32 Å². The molecule has 0 saturated heterocycles. The maximum Gasteiger partial charge on any atom is 0.433 e. The fourth-order valence-electron chi connectivity index (χ4n) is 2.40. The molecule has 5 nitrogen and oxygen atoms in total. The molecule has 0 unspecified atom stereocenters. The van der Waals surface area contributed by atoms with Crippen molar-refractivity contribution in [1.82, 2.24) is 19.9 Å². The minimum atomic E-state index is -4.56. The van der Waals surface area contributed by atoms with Gasteiger partial charge in [0.1, 0.15) is 5.82 Å². The van der Waals surface area contributed by atoms with Crippen LogP contribution in [0.25, 0.3) is 11.4 Å². The second kappa shape index (κ2) is 7.83. The third-order valence-corrected chi connectivity index (χ3v) is 5.15. The van der Waals surface area contributed by atoms with E-state index in [0.717, 1.165) is 16.8 Å². The maximum absolute atomic E-state index is 13.2. The Balaban J connectivity index is 1.77. The highest BCUT2D eigenvalue weighted by Gasteiger charge is 2.33. The zero-order chi connectivity index (χ0) is 20.4. The molecule has 3 aromatic heterocycles. The largest absolute Gasteiger partial charge is 0.433 e. The molecule has 0 saturated carbocycles. The van der Waals surface area contributed by atoms with Gasteiger partial charge in [-0.05, 0) is 12.1 Å². The zero-order valence-electron chi connectivity index (χ0n) is 15.7. The molecule has 3 rings (SSSR count). The molecular formula is C19H20F3N5S. The lowest BCUT2D eigenvalue weighted by atomic mass is 9.98. The average Bonchev–Trinajstić information content (AvgIpc) is 3.11. The van der Waals surface area contributed by atoms with Gasteiger partial charge in [-0.3, -0.25) is 4.98 Å². The SMILES string of the molecule is CC(C)(C)c1nc(CCNc2cc(C(F)(F)F)nc(-c3ccncc3)n2)cs1. The van der Waals surface area contributed by atoms with Crippen LogP contribution in [0.5, 0.6) is 0 Å². The first-order chi connectivity index (χ1) is 13.1. The van der Waals surface area contributed by atoms with Crippen LogP contribution >= 0.6 is 11.3 Å². The smallest absolute Gasteiger partial charge is 0.370 e. The van der Waals surface area contributed by atoms with Gasteiger partial charge in [-0.15, -0.1) is 11.3 Å². The topological polar surface area (TPSA) is 63.6 Å². The van der Waals surface area contributed by atoms with Gasteiger partial charge in [0.25, 0.3) is 0 Å². The number of aromatic nitrogens is 4. The van der Waals surface area contributed by atoms with E-state index in [9.17, 15) is 13.2 Å². The molecule has 0 aliphatic carbocycles. The van der Waals surface area contributed by atoms with E-state index in [-0.39, 0.29) is 17.1 Å². The Morgan fingerprint density at radius 1 is 1.04 bits per heavy atom. The van der Waals surface area contributed by atoms with Crippen molar-refractivity contribution in [2.24, 2.45) is 0 Å². The van der Waals surface area contributed by atoms with Crippen molar-refractivity contribution in [3.05, 3.63) is 52.4 Å². The molecule has 0 fully saturated rings. The van der Waals surface area contributed by atoms with E-state index in [0.29, 0.717) is 18.5 Å². The molecular weight excluding hydrogens is 387 g/mol. The number of nitrogens with one attached hydrogen (secondary N) is 1.